The number of nitrogens with zero attached hydrogens (tertiary/aromatic N) is 2. The number of amidine groups is 1. The summed E-state index contributed by atoms with van der Waals surface area (Å²) in [6, 6.07) is 6.51. The predicted molar refractivity (Wildman–Crippen MR) is 79.1 cm³/mol. The minimum atomic E-state index is -3.57. The zero-order valence-electron chi connectivity index (χ0n) is 10.8. The number of benzene rings is 1. The molecule has 0 amide bonds. The summed E-state index contributed by atoms with van der Waals surface area (Å²) in [5, 5.41) is 11.4. The van der Waals surface area contributed by atoms with Gasteiger partial charge in [0, 0.05) is 6.04 Å². The maximum Gasteiger partial charge on any atom is 0.242 e. The van der Waals surface area contributed by atoms with Gasteiger partial charge in [-0.3, -0.25) is 5.32 Å². The van der Waals surface area contributed by atoms with Crippen molar-refractivity contribution in [1.82, 2.24) is 10.0 Å². The van der Waals surface area contributed by atoms with E-state index in [2.05, 4.69) is 15.0 Å². The number of aliphatic imine (C=N–C) groups is 1. The minimum absolute atomic E-state index is 0.0364. The topological polar surface area (TPSA) is 94.3 Å². The predicted octanol–water partition coefficient (Wildman–Crippen LogP) is 1.55. The van der Waals surface area contributed by atoms with Crippen molar-refractivity contribution in [2.24, 2.45) is 4.99 Å². The van der Waals surface area contributed by atoms with E-state index in [1.807, 2.05) is 0 Å². The normalized spacial score (nSPS) is 15.7. The molecule has 0 bridgehead atoms. The number of thioether (sulfide) groups is 1. The van der Waals surface area contributed by atoms with E-state index in [4.69, 9.17) is 5.26 Å². The van der Waals surface area contributed by atoms with E-state index in [0.717, 1.165) is 12.8 Å². The van der Waals surface area contributed by atoms with Crippen molar-refractivity contribution in [2.45, 2.75) is 23.8 Å². The first kappa shape index (κ1) is 14.8. The molecule has 0 spiro atoms. The Bertz CT molecular complexity index is 660. The molecule has 6 nitrogen and oxygen atoms in total. The van der Waals surface area contributed by atoms with E-state index in [1.54, 1.807) is 30.6 Å². The summed E-state index contributed by atoms with van der Waals surface area (Å²) in [6.07, 6.45) is 5.27. The Kier molecular flexibility index (Phi) is 4.65. The van der Waals surface area contributed by atoms with Crippen LogP contribution in [0.25, 0.3) is 0 Å². The average Bonchev–Trinajstić information content (AvgIpc) is 3.22. The molecule has 20 heavy (non-hydrogen) atoms. The highest BCUT2D eigenvalue weighted by atomic mass is 32.2. The van der Waals surface area contributed by atoms with Crippen LogP contribution in [0.15, 0.2) is 34.2 Å². The Hall–Kier alpha value is -1.56. The zero-order chi connectivity index (χ0) is 14.6. The van der Waals surface area contributed by atoms with E-state index in [1.165, 1.54) is 17.8 Å². The lowest BCUT2D eigenvalue weighted by molar-refractivity contribution is 0.581. The van der Waals surface area contributed by atoms with Crippen LogP contribution >= 0.6 is 11.8 Å². The molecule has 106 valence electrons. The van der Waals surface area contributed by atoms with Crippen LogP contribution in [0.1, 0.15) is 12.8 Å². The van der Waals surface area contributed by atoms with E-state index in [-0.39, 0.29) is 10.9 Å². The highest BCUT2D eigenvalue weighted by Gasteiger charge is 2.29. The summed E-state index contributed by atoms with van der Waals surface area (Å²) >= 11 is 1.24. The van der Waals surface area contributed by atoms with Crippen molar-refractivity contribution in [3.63, 3.8) is 0 Å². The van der Waals surface area contributed by atoms with Crippen LogP contribution < -0.4 is 10.0 Å². The second-order valence-corrected chi connectivity index (χ2v) is 6.70. The quantitative estimate of drug-likeness (QED) is 0.381. The van der Waals surface area contributed by atoms with Crippen LogP contribution in [-0.4, -0.2) is 25.9 Å². The Morgan fingerprint density at radius 2 is 2.15 bits per heavy atom. The summed E-state index contributed by atoms with van der Waals surface area (Å²) < 4.78 is 27.1. The van der Waals surface area contributed by atoms with Crippen molar-refractivity contribution >= 4 is 32.6 Å². The highest BCUT2D eigenvalue weighted by Crippen LogP contribution is 2.28. The third kappa shape index (κ3) is 3.72. The molecule has 1 saturated carbocycles. The van der Waals surface area contributed by atoms with Gasteiger partial charge in [-0.25, -0.2) is 18.1 Å². The van der Waals surface area contributed by atoms with Crippen LogP contribution in [0.5, 0.6) is 0 Å². The molecule has 0 atom stereocenters. The van der Waals surface area contributed by atoms with Gasteiger partial charge < -0.3 is 0 Å². The highest BCUT2D eigenvalue weighted by molar-refractivity contribution is 8.13. The van der Waals surface area contributed by atoms with Gasteiger partial charge in [-0.15, -0.1) is 0 Å². The minimum Gasteiger partial charge on any atom is -0.271 e. The molecule has 0 saturated heterocycles. The van der Waals surface area contributed by atoms with Crippen molar-refractivity contribution in [1.29, 1.82) is 5.26 Å². The van der Waals surface area contributed by atoms with E-state index in [9.17, 15) is 8.42 Å². The van der Waals surface area contributed by atoms with E-state index < -0.39 is 10.0 Å². The summed E-state index contributed by atoms with van der Waals surface area (Å²) in [4.78, 5) is 4.31. The Morgan fingerprint density at radius 1 is 1.45 bits per heavy atom. The molecule has 1 aromatic carbocycles. The smallest absolute Gasteiger partial charge is 0.242 e. The number of para-hydroxylation sites is 1. The number of nitriles is 1. The first-order chi connectivity index (χ1) is 9.56. The van der Waals surface area contributed by atoms with Crippen LogP contribution in [0.4, 0.5) is 5.69 Å². The van der Waals surface area contributed by atoms with Crippen molar-refractivity contribution in [3.05, 3.63) is 24.3 Å². The van der Waals surface area contributed by atoms with Gasteiger partial charge >= 0.3 is 0 Å². The third-order valence-corrected chi connectivity index (χ3v) is 4.78. The standard InChI is InChI=1S/C12H14N4O2S2/c1-19-12(14-8-13)15-10-4-2-3-5-11(10)20(17,18)16-9-6-7-9/h2-5,9,16H,6-7H2,1H3,(H,14,15). The molecule has 0 heterocycles. The molecular formula is C12H14N4O2S2. The maximum absolute atomic E-state index is 12.3. The van der Waals surface area contributed by atoms with Crippen LogP contribution in [0.2, 0.25) is 0 Å². The molecule has 1 aromatic rings. The molecule has 1 aliphatic carbocycles. The lowest BCUT2D eigenvalue weighted by Crippen LogP contribution is -2.25. The fraction of sp³-hybridized carbons (Fsp3) is 0.333. The molecule has 0 aliphatic heterocycles. The van der Waals surface area contributed by atoms with Gasteiger partial charge in [-0.1, -0.05) is 23.9 Å². The number of rotatable bonds is 4. The number of hydrogen-bond donors (Lipinski definition) is 2. The second kappa shape index (κ2) is 6.26. The number of hydrogen-bond acceptors (Lipinski definition) is 5. The van der Waals surface area contributed by atoms with Crippen LogP contribution in [0.3, 0.4) is 0 Å². The summed E-state index contributed by atoms with van der Waals surface area (Å²) in [6.45, 7) is 0. The van der Waals surface area contributed by atoms with Crippen molar-refractivity contribution in [3.8, 4) is 6.19 Å². The molecule has 1 aliphatic rings. The van der Waals surface area contributed by atoms with Gasteiger partial charge in [-0.2, -0.15) is 5.26 Å². The molecule has 0 aromatic heterocycles. The maximum atomic E-state index is 12.3. The number of nitrogens with one attached hydrogen (secondary N) is 2. The first-order valence-corrected chi connectivity index (χ1v) is 8.67. The molecule has 8 heteroatoms. The number of sulfonamides is 1. The summed E-state index contributed by atoms with van der Waals surface area (Å²) in [7, 11) is -3.57. The van der Waals surface area contributed by atoms with Gasteiger partial charge in [0.2, 0.25) is 10.0 Å². The summed E-state index contributed by atoms with van der Waals surface area (Å²) in [5.41, 5.74) is 0.313. The monoisotopic (exact) mass is 310 g/mol. The van der Waals surface area contributed by atoms with Gasteiger partial charge in [0.25, 0.3) is 0 Å². The molecule has 1 fully saturated rings. The third-order valence-electron chi connectivity index (χ3n) is 2.63. The average molecular weight is 310 g/mol. The van der Waals surface area contributed by atoms with Gasteiger partial charge in [-0.05, 0) is 31.2 Å². The van der Waals surface area contributed by atoms with Crippen molar-refractivity contribution in [2.75, 3.05) is 6.26 Å². The van der Waals surface area contributed by atoms with Gasteiger partial charge in [0.05, 0.1) is 5.69 Å². The molecular weight excluding hydrogens is 296 g/mol. The van der Waals surface area contributed by atoms with Crippen molar-refractivity contribution < 1.29 is 8.42 Å². The van der Waals surface area contributed by atoms with Crippen LogP contribution in [0, 0.1) is 11.5 Å². The lowest BCUT2D eigenvalue weighted by Gasteiger charge is -2.09. The van der Waals surface area contributed by atoms with E-state index >= 15 is 0 Å². The fourth-order valence-corrected chi connectivity index (χ4v) is 3.33. The second-order valence-electron chi connectivity index (χ2n) is 4.22. The van der Waals surface area contributed by atoms with Gasteiger partial charge in [0.15, 0.2) is 11.4 Å². The first-order valence-electron chi connectivity index (χ1n) is 5.96. The molecule has 0 radical (unpaired) electrons. The Morgan fingerprint density at radius 3 is 2.75 bits per heavy atom. The molecule has 0 unspecified atom stereocenters. The lowest BCUT2D eigenvalue weighted by atomic mass is 10.3. The SMILES string of the molecule is CSC(=Nc1ccccc1S(=O)(=O)NC1CC1)NC#N. The molecule has 2 rings (SSSR count). The fourth-order valence-electron chi connectivity index (χ4n) is 1.54. The molecule has 2 N–H and O–H groups in total. The van der Waals surface area contributed by atoms with E-state index in [0.29, 0.717) is 10.9 Å². The van der Waals surface area contributed by atoms with Gasteiger partial charge in [0.1, 0.15) is 4.90 Å². The zero-order valence-corrected chi connectivity index (χ0v) is 12.5. The summed E-state index contributed by atoms with van der Waals surface area (Å²) in [5.74, 6) is 0. The Labute approximate surface area is 122 Å². The van der Waals surface area contributed by atoms with Crippen LogP contribution in [-0.2, 0) is 10.0 Å². The Balaban J connectivity index is 2.37. The largest absolute Gasteiger partial charge is 0.271 e.